The molecule has 37 heavy (non-hydrogen) atoms. The zero-order valence-corrected chi connectivity index (χ0v) is 21.9. The number of hydrogen-bond donors (Lipinski definition) is 2. The maximum atomic E-state index is 12.7. The van der Waals surface area contributed by atoms with Crippen molar-refractivity contribution in [1.29, 1.82) is 0 Å². The van der Waals surface area contributed by atoms with Gasteiger partial charge in [-0.2, -0.15) is 0 Å². The van der Waals surface area contributed by atoms with Crippen molar-refractivity contribution in [2.24, 2.45) is 0 Å². The van der Waals surface area contributed by atoms with Crippen LogP contribution < -0.4 is 24.8 Å². The van der Waals surface area contributed by atoms with Gasteiger partial charge in [-0.1, -0.05) is 94.8 Å². The highest BCUT2D eigenvalue weighted by Crippen LogP contribution is 2.43. The molecule has 0 radical (unpaired) electrons. The second-order valence-electron chi connectivity index (χ2n) is 8.92. The monoisotopic (exact) mass is 506 g/mol. The van der Waals surface area contributed by atoms with Crippen LogP contribution in [0.3, 0.4) is 0 Å². The Kier molecular flexibility index (Phi) is 11.6. The minimum atomic E-state index is -0.557. The molecular weight excluding hydrogens is 468 g/mol. The van der Waals surface area contributed by atoms with Crippen LogP contribution >= 0.6 is 0 Å². The highest BCUT2D eigenvalue weighted by Gasteiger charge is 2.20. The lowest BCUT2D eigenvalue weighted by Crippen LogP contribution is -2.28. The van der Waals surface area contributed by atoms with E-state index in [1.165, 1.54) is 0 Å². The standard InChI is InChI=1S/C30H38N2O5/c1-3-5-7-14-20-31-29(33)36-26-22-27(35-23-16-10-9-11-17-23)28(25-19-13-12-18-24(25)26)37-30(34)32-21-15-8-6-4-2/h9-13,16-19,22H,3-8,14-15,20-21H2,1-2H3,(H,31,33)(H,32,34). The Morgan fingerprint density at radius 3 is 1.84 bits per heavy atom. The second kappa shape index (κ2) is 15.4. The number of hydrogen-bond acceptors (Lipinski definition) is 5. The van der Waals surface area contributed by atoms with Crippen molar-refractivity contribution in [3.63, 3.8) is 0 Å². The van der Waals surface area contributed by atoms with E-state index >= 15 is 0 Å². The van der Waals surface area contributed by atoms with E-state index < -0.39 is 12.2 Å². The lowest BCUT2D eigenvalue weighted by Gasteiger charge is -2.17. The van der Waals surface area contributed by atoms with Crippen molar-refractivity contribution >= 4 is 23.0 Å². The number of unbranched alkanes of at least 4 members (excludes halogenated alkanes) is 6. The molecule has 0 aliphatic rings. The van der Waals surface area contributed by atoms with Crippen LogP contribution in [0.2, 0.25) is 0 Å². The summed E-state index contributed by atoms with van der Waals surface area (Å²) in [4.78, 5) is 25.2. The summed E-state index contributed by atoms with van der Waals surface area (Å²) in [6.45, 7) is 5.37. The summed E-state index contributed by atoms with van der Waals surface area (Å²) in [6.07, 6.45) is 7.32. The summed E-state index contributed by atoms with van der Waals surface area (Å²) in [5.74, 6) is 1.42. The minimum Gasteiger partial charge on any atom is -0.453 e. The van der Waals surface area contributed by atoms with Crippen molar-refractivity contribution in [2.45, 2.75) is 65.2 Å². The molecular formula is C30H38N2O5. The van der Waals surface area contributed by atoms with E-state index in [0.717, 1.165) is 51.4 Å². The first-order valence-corrected chi connectivity index (χ1v) is 13.3. The SMILES string of the molecule is CCCCCCNC(=O)Oc1cc(Oc2ccccc2)c(OC(=O)NCCCCCC)c2ccccc12. The lowest BCUT2D eigenvalue weighted by atomic mass is 10.1. The van der Waals surface area contributed by atoms with Gasteiger partial charge in [0.05, 0.1) is 0 Å². The Balaban J connectivity index is 1.84. The zero-order valence-electron chi connectivity index (χ0n) is 21.9. The fourth-order valence-electron chi connectivity index (χ4n) is 3.92. The number of carbonyl (C=O) groups excluding carboxylic acids is 2. The quantitative estimate of drug-likeness (QED) is 0.217. The van der Waals surface area contributed by atoms with Crippen molar-refractivity contribution in [1.82, 2.24) is 10.6 Å². The molecule has 0 spiro atoms. The molecule has 3 rings (SSSR count). The Morgan fingerprint density at radius 2 is 1.22 bits per heavy atom. The summed E-state index contributed by atoms with van der Waals surface area (Å²) < 4.78 is 17.6. The molecule has 0 atom stereocenters. The Morgan fingerprint density at radius 1 is 0.649 bits per heavy atom. The maximum Gasteiger partial charge on any atom is 0.412 e. The summed E-state index contributed by atoms with van der Waals surface area (Å²) >= 11 is 0. The van der Waals surface area contributed by atoms with Crippen LogP contribution in [0, 0.1) is 0 Å². The molecule has 0 fully saturated rings. The molecule has 0 aliphatic heterocycles. The van der Waals surface area contributed by atoms with Gasteiger partial charge in [0, 0.05) is 29.9 Å². The number of para-hydroxylation sites is 1. The van der Waals surface area contributed by atoms with Gasteiger partial charge in [-0.3, -0.25) is 0 Å². The molecule has 0 aromatic heterocycles. The number of benzene rings is 3. The average Bonchev–Trinajstić information content (AvgIpc) is 2.91. The van der Waals surface area contributed by atoms with Crippen LogP contribution in [-0.4, -0.2) is 25.3 Å². The first-order valence-electron chi connectivity index (χ1n) is 13.3. The van der Waals surface area contributed by atoms with E-state index in [9.17, 15) is 9.59 Å². The third-order valence-electron chi connectivity index (χ3n) is 5.89. The molecule has 3 aromatic rings. The third kappa shape index (κ3) is 9.01. The summed E-state index contributed by atoms with van der Waals surface area (Å²) in [7, 11) is 0. The van der Waals surface area contributed by atoms with Crippen LogP contribution in [0.1, 0.15) is 65.2 Å². The number of carbonyl (C=O) groups is 2. The first-order chi connectivity index (χ1) is 18.1. The third-order valence-corrected chi connectivity index (χ3v) is 5.89. The molecule has 2 N–H and O–H groups in total. The van der Waals surface area contributed by atoms with Crippen LogP contribution in [0.25, 0.3) is 10.8 Å². The Hall–Kier alpha value is -3.74. The molecule has 3 aromatic carbocycles. The van der Waals surface area contributed by atoms with Crippen molar-refractivity contribution in [2.75, 3.05) is 13.1 Å². The molecule has 2 amide bonds. The largest absolute Gasteiger partial charge is 0.453 e. The van der Waals surface area contributed by atoms with E-state index in [1.54, 1.807) is 18.2 Å². The molecule has 0 aliphatic carbocycles. The van der Waals surface area contributed by atoms with Gasteiger partial charge in [-0.25, -0.2) is 9.59 Å². The average molecular weight is 507 g/mol. The van der Waals surface area contributed by atoms with Crippen LogP contribution in [-0.2, 0) is 0 Å². The number of rotatable bonds is 14. The van der Waals surface area contributed by atoms with Gasteiger partial charge < -0.3 is 24.8 Å². The molecule has 7 nitrogen and oxygen atoms in total. The zero-order chi connectivity index (χ0) is 26.3. The predicted molar refractivity (Wildman–Crippen MR) is 147 cm³/mol. The predicted octanol–water partition coefficient (Wildman–Crippen LogP) is 7.97. The highest BCUT2D eigenvalue weighted by molar-refractivity contribution is 5.98. The molecule has 0 saturated carbocycles. The van der Waals surface area contributed by atoms with E-state index in [0.29, 0.717) is 35.4 Å². The van der Waals surface area contributed by atoms with Gasteiger partial charge in [0.25, 0.3) is 0 Å². The molecule has 198 valence electrons. The van der Waals surface area contributed by atoms with E-state index in [1.807, 2.05) is 42.5 Å². The number of fused-ring (bicyclic) bond motifs is 1. The van der Waals surface area contributed by atoms with Crippen LogP contribution in [0.5, 0.6) is 23.0 Å². The van der Waals surface area contributed by atoms with Crippen molar-refractivity contribution < 1.29 is 23.8 Å². The Labute approximate surface area is 219 Å². The number of nitrogens with one attached hydrogen (secondary N) is 2. The first kappa shape index (κ1) is 27.8. The topological polar surface area (TPSA) is 85.9 Å². The van der Waals surface area contributed by atoms with Gasteiger partial charge in [0.2, 0.25) is 0 Å². The molecule has 0 bridgehead atoms. The number of amides is 2. The molecule has 0 saturated heterocycles. The summed E-state index contributed by atoms with van der Waals surface area (Å²) in [5.41, 5.74) is 0. The van der Waals surface area contributed by atoms with E-state index in [2.05, 4.69) is 24.5 Å². The van der Waals surface area contributed by atoms with Crippen molar-refractivity contribution in [3.05, 3.63) is 60.7 Å². The molecule has 0 unspecified atom stereocenters. The highest BCUT2D eigenvalue weighted by atomic mass is 16.6. The van der Waals surface area contributed by atoms with Gasteiger partial charge >= 0.3 is 12.2 Å². The normalized spacial score (nSPS) is 10.6. The van der Waals surface area contributed by atoms with Crippen LogP contribution in [0.15, 0.2) is 60.7 Å². The van der Waals surface area contributed by atoms with Crippen LogP contribution in [0.4, 0.5) is 9.59 Å². The van der Waals surface area contributed by atoms with E-state index in [-0.39, 0.29) is 11.5 Å². The number of ether oxygens (including phenoxy) is 3. The fourth-order valence-corrected chi connectivity index (χ4v) is 3.92. The minimum absolute atomic E-state index is 0.262. The van der Waals surface area contributed by atoms with Gasteiger partial charge in [0.15, 0.2) is 11.5 Å². The van der Waals surface area contributed by atoms with E-state index in [4.69, 9.17) is 14.2 Å². The Bertz CT molecular complexity index is 1130. The van der Waals surface area contributed by atoms with Gasteiger partial charge in [-0.05, 0) is 25.0 Å². The molecule has 7 heteroatoms. The summed E-state index contributed by atoms with van der Waals surface area (Å²) in [6, 6.07) is 18.1. The smallest absolute Gasteiger partial charge is 0.412 e. The maximum absolute atomic E-state index is 12.7. The second-order valence-corrected chi connectivity index (χ2v) is 8.92. The fraction of sp³-hybridized carbons (Fsp3) is 0.400. The molecule has 0 heterocycles. The lowest BCUT2D eigenvalue weighted by molar-refractivity contribution is 0.197. The van der Waals surface area contributed by atoms with Gasteiger partial charge in [-0.15, -0.1) is 0 Å². The van der Waals surface area contributed by atoms with Crippen molar-refractivity contribution in [3.8, 4) is 23.0 Å². The van der Waals surface area contributed by atoms with Gasteiger partial charge in [0.1, 0.15) is 11.5 Å². The summed E-state index contributed by atoms with van der Waals surface area (Å²) in [5, 5.41) is 6.86.